The van der Waals surface area contributed by atoms with Gasteiger partial charge in [-0.05, 0) is 38.4 Å². The Kier molecular flexibility index (Phi) is 7.56. The van der Waals surface area contributed by atoms with Crippen molar-refractivity contribution in [1.82, 2.24) is 0 Å². The van der Waals surface area contributed by atoms with Gasteiger partial charge in [-0.2, -0.15) is 0 Å². The lowest BCUT2D eigenvalue weighted by Crippen LogP contribution is -2.49. The van der Waals surface area contributed by atoms with Crippen LogP contribution in [0.5, 0.6) is 0 Å². The Bertz CT molecular complexity index is 193. The fraction of sp³-hybridized carbons (Fsp3) is 1.00. The van der Waals surface area contributed by atoms with Crippen molar-refractivity contribution in [2.45, 2.75) is 51.9 Å². The third-order valence-corrected chi connectivity index (χ3v) is 3.56. The van der Waals surface area contributed by atoms with E-state index in [0.717, 1.165) is 12.8 Å². The van der Waals surface area contributed by atoms with Crippen molar-refractivity contribution < 1.29 is 13.9 Å². The van der Waals surface area contributed by atoms with Gasteiger partial charge >= 0.3 is 0 Å². The first-order valence-electron chi connectivity index (χ1n) is 6.43. The van der Waals surface area contributed by atoms with Crippen LogP contribution in [0.1, 0.15) is 26.7 Å². The SMILES string of the molecule is COCC(CCC(C)C)(COC)O[Si](C)(C)C. The summed E-state index contributed by atoms with van der Waals surface area (Å²) in [4.78, 5) is 0. The molecule has 0 fully saturated rings. The van der Waals surface area contributed by atoms with Gasteiger partial charge in [0.05, 0.1) is 13.2 Å². The summed E-state index contributed by atoms with van der Waals surface area (Å²) in [5, 5.41) is 0. The quantitative estimate of drug-likeness (QED) is 0.597. The Hall–Kier alpha value is 0.0969. The van der Waals surface area contributed by atoms with E-state index in [1.54, 1.807) is 14.2 Å². The van der Waals surface area contributed by atoms with E-state index in [1.807, 2.05) is 0 Å². The molecule has 0 aliphatic carbocycles. The molecule has 0 aromatic heterocycles. The monoisotopic (exact) mass is 262 g/mol. The molecule has 104 valence electrons. The van der Waals surface area contributed by atoms with Gasteiger partial charge in [0.15, 0.2) is 8.32 Å². The maximum atomic E-state index is 6.35. The minimum absolute atomic E-state index is 0.266. The highest BCUT2D eigenvalue weighted by Gasteiger charge is 2.36. The zero-order chi connectivity index (χ0) is 13.5. The number of hydrogen-bond acceptors (Lipinski definition) is 3. The summed E-state index contributed by atoms with van der Waals surface area (Å²) < 4.78 is 17.1. The first-order chi connectivity index (χ1) is 7.74. The third kappa shape index (κ3) is 7.92. The summed E-state index contributed by atoms with van der Waals surface area (Å²) in [6.45, 7) is 12.3. The van der Waals surface area contributed by atoms with Crippen molar-refractivity contribution in [2.24, 2.45) is 5.92 Å². The van der Waals surface area contributed by atoms with E-state index in [9.17, 15) is 0 Å². The number of methoxy groups -OCH3 is 2. The molecule has 0 rings (SSSR count). The third-order valence-electron chi connectivity index (χ3n) is 2.51. The lowest BCUT2D eigenvalue weighted by Gasteiger charge is -2.38. The molecular formula is C13H30O3Si. The summed E-state index contributed by atoms with van der Waals surface area (Å²) in [7, 11) is 1.86. The molecule has 0 unspecified atom stereocenters. The van der Waals surface area contributed by atoms with E-state index < -0.39 is 8.32 Å². The molecule has 0 radical (unpaired) electrons. The van der Waals surface area contributed by atoms with Crippen LogP contribution in [0.4, 0.5) is 0 Å². The number of hydrogen-bond donors (Lipinski definition) is 0. The molecule has 17 heavy (non-hydrogen) atoms. The summed E-state index contributed by atoms with van der Waals surface area (Å²) in [5.41, 5.74) is -0.266. The lowest BCUT2D eigenvalue weighted by atomic mass is 9.95. The summed E-state index contributed by atoms with van der Waals surface area (Å²) in [6.07, 6.45) is 2.13. The molecular weight excluding hydrogens is 232 g/mol. The highest BCUT2D eigenvalue weighted by atomic mass is 28.4. The number of rotatable bonds is 9. The predicted molar refractivity (Wildman–Crippen MR) is 75.0 cm³/mol. The van der Waals surface area contributed by atoms with E-state index in [-0.39, 0.29) is 5.60 Å². The minimum Gasteiger partial charge on any atom is -0.407 e. The van der Waals surface area contributed by atoms with Crippen molar-refractivity contribution in [3.05, 3.63) is 0 Å². The molecule has 4 heteroatoms. The molecule has 0 aromatic carbocycles. The first kappa shape index (κ1) is 17.1. The molecule has 0 aliphatic rings. The topological polar surface area (TPSA) is 27.7 Å². The Morgan fingerprint density at radius 3 is 1.76 bits per heavy atom. The van der Waals surface area contributed by atoms with Crippen molar-refractivity contribution in [1.29, 1.82) is 0 Å². The smallest absolute Gasteiger partial charge is 0.184 e. The van der Waals surface area contributed by atoms with Crippen LogP contribution in [0.3, 0.4) is 0 Å². The Morgan fingerprint density at radius 1 is 1.00 bits per heavy atom. The molecule has 0 bridgehead atoms. The zero-order valence-corrected chi connectivity index (χ0v) is 13.6. The molecule has 0 spiro atoms. The second-order valence-corrected chi connectivity index (χ2v) is 10.6. The molecule has 3 nitrogen and oxygen atoms in total. The molecule has 0 heterocycles. The second kappa shape index (κ2) is 7.51. The Morgan fingerprint density at radius 2 is 1.47 bits per heavy atom. The molecule has 0 atom stereocenters. The fourth-order valence-corrected chi connectivity index (χ4v) is 3.54. The van der Waals surface area contributed by atoms with E-state index in [0.29, 0.717) is 19.1 Å². The van der Waals surface area contributed by atoms with Crippen molar-refractivity contribution in [3.63, 3.8) is 0 Å². The van der Waals surface area contributed by atoms with Gasteiger partial charge in [-0.1, -0.05) is 13.8 Å². The van der Waals surface area contributed by atoms with E-state index in [1.165, 1.54) is 0 Å². The van der Waals surface area contributed by atoms with Crippen molar-refractivity contribution in [2.75, 3.05) is 27.4 Å². The Balaban J connectivity index is 4.71. The maximum absolute atomic E-state index is 6.35. The van der Waals surface area contributed by atoms with Gasteiger partial charge in [-0.15, -0.1) is 0 Å². The highest BCUT2D eigenvalue weighted by Crippen LogP contribution is 2.26. The zero-order valence-electron chi connectivity index (χ0n) is 12.6. The van der Waals surface area contributed by atoms with Crippen molar-refractivity contribution >= 4 is 8.32 Å². The second-order valence-electron chi connectivity index (χ2n) is 6.20. The summed E-state index contributed by atoms with van der Waals surface area (Å²) in [6, 6.07) is 0. The summed E-state index contributed by atoms with van der Waals surface area (Å²) >= 11 is 0. The molecule has 0 aliphatic heterocycles. The largest absolute Gasteiger partial charge is 0.407 e. The van der Waals surface area contributed by atoms with Gasteiger partial charge in [0.25, 0.3) is 0 Å². The van der Waals surface area contributed by atoms with Crippen molar-refractivity contribution in [3.8, 4) is 0 Å². The molecule has 0 saturated heterocycles. The van der Waals surface area contributed by atoms with Gasteiger partial charge in [-0.3, -0.25) is 0 Å². The molecule has 0 saturated carbocycles. The maximum Gasteiger partial charge on any atom is 0.184 e. The van der Waals surface area contributed by atoms with Crippen LogP contribution in [0, 0.1) is 5.92 Å². The Labute approximate surface area is 108 Å². The first-order valence-corrected chi connectivity index (χ1v) is 9.83. The molecule has 0 N–H and O–H groups in total. The fourth-order valence-electron chi connectivity index (χ4n) is 2.02. The van der Waals surface area contributed by atoms with Crippen LogP contribution in [0.2, 0.25) is 19.6 Å². The van der Waals surface area contributed by atoms with Crippen LogP contribution in [-0.2, 0) is 13.9 Å². The van der Waals surface area contributed by atoms with Crippen LogP contribution < -0.4 is 0 Å². The average Bonchev–Trinajstić information content (AvgIpc) is 2.13. The average molecular weight is 262 g/mol. The van der Waals surface area contributed by atoms with Gasteiger partial charge < -0.3 is 13.9 Å². The van der Waals surface area contributed by atoms with Gasteiger partial charge in [-0.25, -0.2) is 0 Å². The van der Waals surface area contributed by atoms with Crippen LogP contribution >= 0.6 is 0 Å². The predicted octanol–water partition coefficient (Wildman–Crippen LogP) is 3.31. The van der Waals surface area contributed by atoms with Gasteiger partial charge in [0.1, 0.15) is 5.60 Å². The van der Waals surface area contributed by atoms with Gasteiger partial charge in [0, 0.05) is 14.2 Å². The van der Waals surface area contributed by atoms with Crippen LogP contribution in [-0.4, -0.2) is 41.4 Å². The van der Waals surface area contributed by atoms with Crippen LogP contribution in [0.15, 0.2) is 0 Å². The van der Waals surface area contributed by atoms with Gasteiger partial charge in [0.2, 0.25) is 0 Å². The summed E-state index contributed by atoms with van der Waals surface area (Å²) in [5.74, 6) is 0.674. The van der Waals surface area contributed by atoms with E-state index >= 15 is 0 Å². The minimum atomic E-state index is -1.60. The number of ether oxygens (including phenoxy) is 2. The van der Waals surface area contributed by atoms with E-state index in [4.69, 9.17) is 13.9 Å². The normalized spacial score (nSPS) is 13.4. The molecule has 0 amide bonds. The highest BCUT2D eigenvalue weighted by molar-refractivity contribution is 6.69. The van der Waals surface area contributed by atoms with Crippen LogP contribution in [0.25, 0.3) is 0 Å². The standard InChI is InChI=1S/C13H30O3Si/c1-12(2)8-9-13(10-14-3,11-15-4)16-17(5,6)7/h12H,8-11H2,1-7H3. The molecule has 0 aromatic rings. The lowest BCUT2D eigenvalue weighted by molar-refractivity contribution is -0.0714. The van der Waals surface area contributed by atoms with E-state index in [2.05, 4.69) is 33.5 Å².